The van der Waals surface area contributed by atoms with Gasteiger partial charge in [-0.25, -0.2) is 0 Å². The maximum absolute atomic E-state index is 4.68. The summed E-state index contributed by atoms with van der Waals surface area (Å²) in [5.41, 5.74) is 0. The zero-order valence-corrected chi connectivity index (χ0v) is 13.2. The van der Waals surface area contributed by atoms with Crippen molar-refractivity contribution in [1.29, 1.82) is 0 Å². The lowest BCUT2D eigenvalue weighted by molar-refractivity contribution is 0.282. The largest absolute Gasteiger partial charge is 0.357 e. The second-order valence-electron chi connectivity index (χ2n) is 5.81. The summed E-state index contributed by atoms with van der Waals surface area (Å²) < 4.78 is 0. The van der Waals surface area contributed by atoms with E-state index in [0.717, 1.165) is 25.6 Å². The standard InChI is InChI=1S/C15H32N4/c1-5-16-15(17-11-12-19(4)13(2)3)18-14-9-7-6-8-10-14/h13-14H,5-12H2,1-4H3,(H2,16,17,18). The van der Waals surface area contributed by atoms with Crippen molar-refractivity contribution in [1.82, 2.24) is 15.5 Å². The third kappa shape index (κ3) is 6.81. The van der Waals surface area contributed by atoms with Crippen LogP contribution in [0.15, 0.2) is 4.99 Å². The molecule has 0 unspecified atom stereocenters. The van der Waals surface area contributed by atoms with Crippen LogP contribution >= 0.6 is 0 Å². The molecule has 0 aromatic heterocycles. The van der Waals surface area contributed by atoms with Crippen LogP contribution in [0.3, 0.4) is 0 Å². The fraction of sp³-hybridized carbons (Fsp3) is 0.933. The number of guanidine groups is 1. The Hall–Kier alpha value is -0.770. The molecule has 0 saturated heterocycles. The third-order valence-electron chi connectivity index (χ3n) is 3.89. The first kappa shape index (κ1) is 16.3. The predicted molar refractivity (Wildman–Crippen MR) is 83.8 cm³/mol. The first-order chi connectivity index (χ1) is 9.13. The molecule has 2 N–H and O–H groups in total. The molecule has 0 heterocycles. The van der Waals surface area contributed by atoms with Gasteiger partial charge in [0, 0.05) is 25.2 Å². The van der Waals surface area contributed by atoms with E-state index in [9.17, 15) is 0 Å². The molecule has 0 spiro atoms. The highest BCUT2D eigenvalue weighted by Gasteiger charge is 2.14. The lowest BCUT2D eigenvalue weighted by Gasteiger charge is -2.25. The number of rotatable bonds is 6. The number of aliphatic imine (C=N–C) groups is 1. The third-order valence-corrected chi connectivity index (χ3v) is 3.89. The molecule has 1 aliphatic carbocycles. The molecule has 1 aliphatic rings. The maximum atomic E-state index is 4.68. The summed E-state index contributed by atoms with van der Waals surface area (Å²) in [6.07, 6.45) is 6.68. The van der Waals surface area contributed by atoms with Crippen molar-refractivity contribution < 1.29 is 0 Å². The van der Waals surface area contributed by atoms with Gasteiger partial charge in [0.25, 0.3) is 0 Å². The van der Waals surface area contributed by atoms with Crippen molar-refractivity contribution in [3.63, 3.8) is 0 Å². The van der Waals surface area contributed by atoms with Crippen molar-refractivity contribution >= 4 is 5.96 Å². The first-order valence-electron chi connectivity index (χ1n) is 7.88. The van der Waals surface area contributed by atoms with E-state index in [1.165, 1.54) is 32.1 Å². The van der Waals surface area contributed by atoms with Crippen LogP contribution < -0.4 is 10.6 Å². The number of nitrogens with one attached hydrogen (secondary N) is 2. The summed E-state index contributed by atoms with van der Waals surface area (Å²) >= 11 is 0. The van der Waals surface area contributed by atoms with Crippen molar-refractivity contribution in [2.75, 3.05) is 26.7 Å². The first-order valence-corrected chi connectivity index (χ1v) is 7.88. The normalized spacial score (nSPS) is 18.1. The minimum atomic E-state index is 0.587. The Morgan fingerprint density at radius 2 is 1.95 bits per heavy atom. The van der Waals surface area contributed by atoms with E-state index < -0.39 is 0 Å². The predicted octanol–water partition coefficient (Wildman–Crippen LogP) is 2.21. The topological polar surface area (TPSA) is 39.7 Å². The van der Waals surface area contributed by atoms with Gasteiger partial charge >= 0.3 is 0 Å². The van der Waals surface area contributed by atoms with Gasteiger partial charge in [-0.1, -0.05) is 19.3 Å². The number of hydrogen-bond donors (Lipinski definition) is 2. The highest BCUT2D eigenvalue weighted by atomic mass is 15.2. The van der Waals surface area contributed by atoms with Gasteiger partial charge < -0.3 is 15.5 Å². The Morgan fingerprint density at radius 1 is 1.26 bits per heavy atom. The summed E-state index contributed by atoms with van der Waals surface area (Å²) in [5, 5.41) is 6.93. The smallest absolute Gasteiger partial charge is 0.191 e. The van der Waals surface area contributed by atoms with Crippen molar-refractivity contribution in [2.24, 2.45) is 4.99 Å². The zero-order chi connectivity index (χ0) is 14.1. The van der Waals surface area contributed by atoms with Gasteiger partial charge in [-0.05, 0) is 40.7 Å². The van der Waals surface area contributed by atoms with Crippen LogP contribution in [-0.2, 0) is 0 Å². The van der Waals surface area contributed by atoms with E-state index >= 15 is 0 Å². The summed E-state index contributed by atoms with van der Waals surface area (Å²) in [7, 11) is 2.15. The summed E-state index contributed by atoms with van der Waals surface area (Å²) in [5.74, 6) is 0.992. The lowest BCUT2D eigenvalue weighted by Crippen LogP contribution is -2.44. The highest BCUT2D eigenvalue weighted by molar-refractivity contribution is 5.80. The minimum absolute atomic E-state index is 0.587. The molecule has 0 aromatic carbocycles. The second-order valence-corrected chi connectivity index (χ2v) is 5.81. The van der Waals surface area contributed by atoms with Crippen molar-refractivity contribution in [3.8, 4) is 0 Å². The molecular weight excluding hydrogens is 236 g/mol. The molecule has 0 amide bonds. The SMILES string of the molecule is CCNC(=NCCN(C)C(C)C)NC1CCCCC1. The second kappa shape index (κ2) is 9.18. The molecular formula is C15H32N4. The fourth-order valence-electron chi connectivity index (χ4n) is 2.34. The molecule has 0 atom stereocenters. The zero-order valence-electron chi connectivity index (χ0n) is 13.2. The van der Waals surface area contributed by atoms with E-state index in [2.05, 4.69) is 48.3 Å². The van der Waals surface area contributed by atoms with Crippen LogP contribution in [0.1, 0.15) is 52.9 Å². The molecule has 112 valence electrons. The Kier molecular flexibility index (Phi) is 7.87. The van der Waals surface area contributed by atoms with Crippen LogP contribution in [0.5, 0.6) is 0 Å². The highest BCUT2D eigenvalue weighted by Crippen LogP contribution is 2.17. The maximum Gasteiger partial charge on any atom is 0.191 e. The molecule has 0 radical (unpaired) electrons. The molecule has 0 aliphatic heterocycles. The Balaban J connectivity index is 2.37. The van der Waals surface area contributed by atoms with Crippen LogP contribution in [0.4, 0.5) is 0 Å². The van der Waals surface area contributed by atoms with Crippen LogP contribution in [0.25, 0.3) is 0 Å². The molecule has 4 nitrogen and oxygen atoms in total. The van der Waals surface area contributed by atoms with Gasteiger partial charge in [0.2, 0.25) is 0 Å². The van der Waals surface area contributed by atoms with E-state index in [1.54, 1.807) is 0 Å². The van der Waals surface area contributed by atoms with E-state index in [-0.39, 0.29) is 0 Å². The summed E-state index contributed by atoms with van der Waals surface area (Å²) in [6.45, 7) is 9.36. The van der Waals surface area contributed by atoms with E-state index in [1.807, 2.05) is 0 Å². The van der Waals surface area contributed by atoms with Gasteiger partial charge in [-0.2, -0.15) is 0 Å². The van der Waals surface area contributed by atoms with E-state index in [4.69, 9.17) is 0 Å². The molecule has 0 aromatic rings. The van der Waals surface area contributed by atoms with Crippen molar-refractivity contribution in [2.45, 2.75) is 65.0 Å². The molecule has 1 rings (SSSR count). The number of likely N-dealkylation sites (N-methyl/N-ethyl adjacent to an activating group) is 1. The van der Waals surface area contributed by atoms with Crippen LogP contribution in [0, 0.1) is 0 Å². The van der Waals surface area contributed by atoms with Gasteiger partial charge in [0.15, 0.2) is 5.96 Å². The lowest BCUT2D eigenvalue weighted by atomic mass is 9.96. The van der Waals surface area contributed by atoms with Gasteiger partial charge in [-0.3, -0.25) is 4.99 Å². The fourth-order valence-corrected chi connectivity index (χ4v) is 2.34. The summed E-state index contributed by atoms with van der Waals surface area (Å²) in [6, 6.07) is 1.21. The summed E-state index contributed by atoms with van der Waals surface area (Å²) in [4.78, 5) is 7.01. The van der Waals surface area contributed by atoms with Crippen LogP contribution in [0.2, 0.25) is 0 Å². The molecule has 0 bridgehead atoms. The monoisotopic (exact) mass is 268 g/mol. The minimum Gasteiger partial charge on any atom is -0.357 e. The van der Waals surface area contributed by atoms with Crippen LogP contribution in [-0.4, -0.2) is 49.6 Å². The Bertz CT molecular complexity index is 257. The molecule has 1 saturated carbocycles. The quantitative estimate of drug-likeness (QED) is 0.573. The van der Waals surface area contributed by atoms with Gasteiger partial charge in [-0.15, -0.1) is 0 Å². The average Bonchev–Trinajstić information content (AvgIpc) is 2.39. The van der Waals surface area contributed by atoms with Crippen molar-refractivity contribution in [3.05, 3.63) is 0 Å². The number of hydrogen-bond acceptors (Lipinski definition) is 2. The van der Waals surface area contributed by atoms with Gasteiger partial charge in [0.1, 0.15) is 0 Å². The Morgan fingerprint density at radius 3 is 2.53 bits per heavy atom. The molecule has 4 heteroatoms. The van der Waals surface area contributed by atoms with E-state index in [0.29, 0.717) is 12.1 Å². The molecule has 1 fully saturated rings. The van der Waals surface area contributed by atoms with Gasteiger partial charge in [0.05, 0.1) is 6.54 Å². The average molecular weight is 268 g/mol. The Labute approximate surface area is 119 Å². The number of nitrogens with zero attached hydrogens (tertiary/aromatic N) is 2. The molecule has 19 heavy (non-hydrogen) atoms.